The van der Waals surface area contributed by atoms with E-state index in [1.807, 2.05) is 18.2 Å². The number of ether oxygens (including phenoxy) is 2. The molecule has 0 amide bonds. The van der Waals surface area contributed by atoms with Crippen LogP contribution in [0.25, 0.3) is 0 Å². The molecular weight excluding hydrogens is 337 g/mol. The molecule has 0 saturated carbocycles. The molecule has 21 heavy (non-hydrogen) atoms. The van der Waals surface area contributed by atoms with Gasteiger partial charge in [0.2, 0.25) is 0 Å². The second-order valence-electron chi connectivity index (χ2n) is 5.02. The Labute approximate surface area is 131 Å². The fraction of sp³-hybridized carbons (Fsp3) is 0.250. The van der Waals surface area contributed by atoms with Gasteiger partial charge in [0, 0.05) is 34.1 Å². The highest BCUT2D eigenvalue weighted by atomic mass is 79.9. The molecule has 110 valence electrons. The lowest BCUT2D eigenvalue weighted by Gasteiger charge is -2.31. The third-order valence-electron chi connectivity index (χ3n) is 3.66. The minimum atomic E-state index is -0.327. The van der Waals surface area contributed by atoms with Crippen LogP contribution in [0.2, 0.25) is 0 Å². The van der Waals surface area contributed by atoms with Crippen molar-refractivity contribution in [2.24, 2.45) is 5.73 Å². The number of benzene rings is 2. The van der Waals surface area contributed by atoms with Gasteiger partial charge in [-0.05, 0) is 24.3 Å². The molecule has 5 heteroatoms. The quantitative estimate of drug-likeness (QED) is 0.884. The zero-order valence-corrected chi connectivity index (χ0v) is 13.1. The largest absolute Gasteiger partial charge is 0.497 e. The topological polar surface area (TPSA) is 44.5 Å². The van der Waals surface area contributed by atoms with Crippen molar-refractivity contribution in [2.75, 3.05) is 7.11 Å². The number of nitrogens with two attached hydrogens (primary N) is 1. The third kappa shape index (κ3) is 2.76. The Morgan fingerprint density at radius 1 is 1.24 bits per heavy atom. The van der Waals surface area contributed by atoms with Crippen LogP contribution in [0.15, 0.2) is 40.9 Å². The maximum Gasteiger partial charge on any atom is 0.127 e. The number of rotatable bonds is 2. The molecular formula is C16H15BrFNO2. The summed E-state index contributed by atoms with van der Waals surface area (Å²) >= 11 is 3.52. The van der Waals surface area contributed by atoms with Crippen molar-refractivity contribution >= 4 is 15.9 Å². The molecule has 0 aromatic heterocycles. The van der Waals surface area contributed by atoms with Gasteiger partial charge in [0.05, 0.1) is 7.11 Å². The molecule has 1 aliphatic rings. The van der Waals surface area contributed by atoms with Crippen molar-refractivity contribution in [3.05, 3.63) is 57.8 Å². The Balaban J connectivity index is 1.99. The highest BCUT2D eigenvalue weighted by molar-refractivity contribution is 9.10. The maximum atomic E-state index is 13.4. The van der Waals surface area contributed by atoms with E-state index in [4.69, 9.17) is 15.2 Å². The normalized spacial score (nSPS) is 20.6. The highest BCUT2D eigenvalue weighted by Gasteiger charge is 2.28. The SMILES string of the molecule is COc1ccc(Br)c(C2C[C@H](N)c3ccc(F)cc3O2)c1. The summed E-state index contributed by atoms with van der Waals surface area (Å²) in [5.74, 6) is 0.926. The van der Waals surface area contributed by atoms with Crippen LogP contribution in [0.5, 0.6) is 11.5 Å². The predicted octanol–water partition coefficient (Wildman–Crippen LogP) is 4.12. The van der Waals surface area contributed by atoms with Crippen molar-refractivity contribution in [3.63, 3.8) is 0 Å². The number of halogens is 2. The molecule has 3 nitrogen and oxygen atoms in total. The van der Waals surface area contributed by atoms with Gasteiger partial charge in [-0.1, -0.05) is 22.0 Å². The first kappa shape index (κ1) is 14.4. The Morgan fingerprint density at radius 2 is 2.05 bits per heavy atom. The molecule has 2 aromatic rings. The lowest BCUT2D eigenvalue weighted by atomic mass is 9.93. The number of fused-ring (bicyclic) bond motifs is 1. The summed E-state index contributed by atoms with van der Waals surface area (Å²) in [4.78, 5) is 0. The first-order valence-electron chi connectivity index (χ1n) is 6.63. The molecule has 2 N–H and O–H groups in total. The molecule has 0 saturated heterocycles. The van der Waals surface area contributed by atoms with Gasteiger partial charge < -0.3 is 15.2 Å². The maximum absolute atomic E-state index is 13.4. The Morgan fingerprint density at radius 3 is 2.81 bits per heavy atom. The molecule has 3 rings (SSSR count). The van der Waals surface area contributed by atoms with Gasteiger partial charge in [0.15, 0.2) is 0 Å². The summed E-state index contributed by atoms with van der Waals surface area (Å²) in [6, 6.07) is 9.98. The van der Waals surface area contributed by atoms with Crippen LogP contribution >= 0.6 is 15.9 Å². The van der Waals surface area contributed by atoms with Gasteiger partial charge in [-0.2, -0.15) is 0 Å². The smallest absolute Gasteiger partial charge is 0.127 e. The predicted molar refractivity (Wildman–Crippen MR) is 82.0 cm³/mol. The Kier molecular flexibility index (Phi) is 3.87. The average molecular weight is 352 g/mol. The molecule has 2 atom stereocenters. The van der Waals surface area contributed by atoms with Crippen molar-refractivity contribution in [3.8, 4) is 11.5 Å². The highest BCUT2D eigenvalue weighted by Crippen LogP contribution is 2.42. The van der Waals surface area contributed by atoms with Crippen LogP contribution in [0.4, 0.5) is 4.39 Å². The zero-order chi connectivity index (χ0) is 15.0. The van der Waals surface area contributed by atoms with Crippen LogP contribution < -0.4 is 15.2 Å². The van der Waals surface area contributed by atoms with Gasteiger partial charge >= 0.3 is 0 Å². The van der Waals surface area contributed by atoms with Crippen molar-refractivity contribution in [2.45, 2.75) is 18.6 Å². The van der Waals surface area contributed by atoms with Crippen LogP contribution in [-0.4, -0.2) is 7.11 Å². The standard InChI is InChI=1S/C16H15BrFNO2/c1-20-10-3-5-13(17)12(7-10)16-8-14(19)11-4-2-9(18)6-15(11)21-16/h2-7,14,16H,8,19H2,1H3/t14-,16?/m0/s1. The van der Waals surface area contributed by atoms with Crippen LogP contribution in [0, 0.1) is 5.82 Å². The number of hydrogen-bond donors (Lipinski definition) is 1. The van der Waals surface area contributed by atoms with Crippen LogP contribution in [0.1, 0.15) is 29.7 Å². The van der Waals surface area contributed by atoms with Crippen LogP contribution in [0.3, 0.4) is 0 Å². The van der Waals surface area contributed by atoms with Crippen molar-refractivity contribution in [1.82, 2.24) is 0 Å². The molecule has 1 unspecified atom stereocenters. The van der Waals surface area contributed by atoms with E-state index in [9.17, 15) is 4.39 Å². The van der Waals surface area contributed by atoms with Gasteiger partial charge in [-0.3, -0.25) is 0 Å². The molecule has 1 aliphatic heterocycles. The van der Waals surface area contributed by atoms with E-state index in [-0.39, 0.29) is 18.0 Å². The first-order valence-corrected chi connectivity index (χ1v) is 7.43. The molecule has 2 aromatic carbocycles. The summed E-state index contributed by atoms with van der Waals surface area (Å²) in [7, 11) is 1.62. The van der Waals surface area contributed by atoms with E-state index < -0.39 is 0 Å². The second kappa shape index (κ2) is 5.66. The molecule has 0 bridgehead atoms. The summed E-state index contributed by atoms with van der Waals surface area (Å²) in [5.41, 5.74) is 7.98. The molecule has 0 radical (unpaired) electrons. The molecule has 0 spiro atoms. The lowest BCUT2D eigenvalue weighted by Crippen LogP contribution is -2.24. The summed E-state index contributed by atoms with van der Waals surface area (Å²) in [5, 5.41) is 0. The zero-order valence-electron chi connectivity index (χ0n) is 11.5. The van der Waals surface area contributed by atoms with E-state index in [2.05, 4.69) is 15.9 Å². The third-order valence-corrected chi connectivity index (χ3v) is 4.38. The van der Waals surface area contributed by atoms with Gasteiger partial charge in [-0.25, -0.2) is 4.39 Å². The fourth-order valence-corrected chi connectivity index (χ4v) is 3.06. The molecule has 0 fully saturated rings. The van der Waals surface area contributed by atoms with Crippen LogP contribution in [-0.2, 0) is 0 Å². The molecule has 1 heterocycles. The van der Waals surface area contributed by atoms with Crippen molar-refractivity contribution < 1.29 is 13.9 Å². The van der Waals surface area contributed by atoms with Crippen molar-refractivity contribution in [1.29, 1.82) is 0 Å². The fourth-order valence-electron chi connectivity index (χ4n) is 2.56. The minimum Gasteiger partial charge on any atom is -0.497 e. The monoisotopic (exact) mass is 351 g/mol. The summed E-state index contributed by atoms with van der Waals surface area (Å²) in [6.07, 6.45) is 0.392. The Hall–Kier alpha value is -1.59. The van der Waals surface area contributed by atoms with Gasteiger partial charge in [-0.15, -0.1) is 0 Å². The minimum absolute atomic E-state index is 0.183. The van der Waals surface area contributed by atoms with E-state index >= 15 is 0 Å². The molecule has 0 aliphatic carbocycles. The van der Waals surface area contributed by atoms with Gasteiger partial charge in [0.25, 0.3) is 0 Å². The second-order valence-corrected chi connectivity index (χ2v) is 5.87. The Bertz CT molecular complexity index is 677. The first-order chi connectivity index (χ1) is 10.1. The van der Waals surface area contributed by atoms with E-state index in [0.717, 1.165) is 21.3 Å². The number of hydrogen-bond acceptors (Lipinski definition) is 3. The van der Waals surface area contributed by atoms with Gasteiger partial charge in [0.1, 0.15) is 23.4 Å². The van der Waals surface area contributed by atoms with E-state index in [1.54, 1.807) is 13.2 Å². The van der Waals surface area contributed by atoms with E-state index in [1.165, 1.54) is 12.1 Å². The number of methoxy groups -OCH3 is 1. The lowest BCUT2D eigenvalue weighted by molar-refractivity contribution is 0.159. The summed E-state index contributed by atoms with van der Waals surface area (Å²) < 4.78 is 25.5. The summed E-state index contributed by atoms with van der Waals surface area (Å²) in [6.45, 7) is 0. The average Bonchev–Trinajstić information content (AvgIpc) is 2.47. The van der Waals surface area contributed by atoms with E-state index in [0.29, 0.717) is 12.2 Å².